The maximum atomic E-state index is 11.3. The van der Waals surface area contributed by atoms with Crippen molar-refractivity contribution < 1.29 is 9.90 Å². The van der Waals surface area contributed by atoms with Crippen molar-refractivity contribution in [2.75, 3.05) is 6.54 Å². The van der Waals surface area contributed by atoms with Crippen molar-refractivity contribution >= 4 is 5.91 Å². The van der Waals surface area contributed by atoms with Crippen LogP contribution in [0.4, 0.5) is 0 Å². The van der Waals surface area contributed by atoms with E-state index in [4.69, 9.17) is 5.11 Å². The lowest BCUT2D eigenvalue weighted by Gasteiger charge is -2.09. The smallest absolute Gasteiger partial charge is 0.234 e. The third-order valence-corrected chi connectivity index (χ3v) is 2.00. The number of hydrogen-bond acceptors (Lipinski definition) is 3. The van der Waals surface area contributed by atoms with E-state index in [-0.39, 0.29) is 17.7 Å². The summed E-state index contributed by atoms with van der Waals surface area (Å²) in [5.41, 5.74) is 1.04. The molecule has 0 aromatic heterocycles. The van der Waals surface area contributed by atoms with Gasteiger partial charge in [-0.3, -0.25) is 4.79 Å². The van der Waals surface area contributed by atoms with Gasteiger partial charge < -0.3 is 15.7 Å². The number of nitrogens with one attached hydrogen (secondary N) is 2. The largest absolute Gasteiger partial charge is 0.508 e. The minimum absolute atomic E-state index is 0.00576. The van der Waals surface area contributed by atoms with Crippen molar-refractivity contribution in [1.82, 2.24) is 10.6 Å². The third-order valence-electron chi connectivity index (χ3n) is 2.00. The van der Waals surface area contributed by atoms with Crippen LogP contribution in [-0.4, -0.2) is 23.6 Å². The number of hydrogen-bond donors (Lipinski definition) is 3. The lowest BCUT2D eigenvalue weighted by Crippen LogP contribution is -2.37. The highest BCUT2D eigenvalue weighted by Gasteiger charge is 2.01. The van der Waals surface area contributed by atoms with E-state index in [2.05, 4.69) is 10.6 Å². The second-order valence-corrected chi connectivity index (χ2v) is 3.99. The van der Waals surface area contributed by atoms with Crippen LogP contribution in [0.3, 0.4) is 0 Å². The van der Waals surface area contributed by atoms with Crippen LogP contribution in [0.5, 0.6) is 5.75 Å². The molecule has 0 spiro atoms. The van der Waals surface area contributed by atoms with Crippen molar-refractivity contribution in [2.45, 2.75) is 26.4 Å². The number of rotatable bonds is 5. The van der Waals surface area contributed by atoms with Gasteiger partial charge in [0.05, 0.1) is 6.54 Å². The molecule has 4 nitrogen and oxygen atoms in total. The van der Waals surface area contributed by atoms with Gasteiger partial charge in [0.1, 0.15) is 5.75 Å². The van der Waals surface area contributed by atoms with E-state index in [0.29, 0.717) is 13.1 Å². The zero-order valence-corrected chi connectivity index (χ0v) is 9.66. The maximum Gasteiger partial charge on any atom is 0.234 e. The number of aromatic hydroxyl groups is 1. The zero-order chi connectivity index (χ0) is 12.0. The summed E-state index contributed by atoms with van der Waals surface area (Å²) < 4.78 is 0. The Hall–Kier alpha value is -1.55. The summed E-state index contributed by atoms with van der Waals surface area (Å²) in [6.45, 7) is 4.78. The highest BCUT2D eigenvalue weighted by molar-refractivity contribution is 5.78. The molecule has 3 N–H and O–H groups in total. The van der Waals surface area contributed by atoms with Crippen molar-refractivity contribution in [3.63, 3.8) is 0 Å². The Morgan fingerprint density at radius 2 is 1.94 bits per heavy atom. The Morgan fingerprint density at radius 1 is 1.31 bits per heavy atom. The molecule has 0 atom stereocenters. The van der Waals surface area contributed by atoms with E-state index in [1.807, 2.05) is 26.0 Å². The normalized spacial score (nSPS) is 10.4. The fourth-order valence-electron chi connectivity index (χ4n) is 1.31. The Labute approximate surface area is 95.7 Å². The minimum atomic E-state index is -0.00576. The summed E-state index contributed by atoms with van der Waals surface area (Å²) in [5.74, 6) is 0.245. The molecule has 0 aliphatic carbocycles. The van der Waals surface area contributed by atoms with E-state index >= 15 is 0 Å². The van der Waals surface area contributed by atoms with Gasteiger partial charge in [0, 0.05) is 12.6 Å². The molecule has 1 aromatic rings. The average Bonchev–Trinajstić information content (AvgIpc) is 2.20. The first-order valence-corrected chi connectivity index (χ1v) is 5.36. The monoisotopic (exact) mass is 222 g/mol. The summed E-state index contributed by atoms with van der Waals surface area (Å²) in [6.07, 6.45) is 0. The molecule has 0 aliphatic rings. The number of benzene rings is 1. The summed E-state index contributed by atoms with van der Waals surface area (Å²) >= 11 is 0. The maximum absolute atomic E-state index is 11.3. The molecule has 1 aromatic carbocycles. The number of phenolic OH excluding ortho intramolecular Hbond substituents is 1. The van der Waals surface area contributed by atoms with Gasteiger partial charge in [-0.15, -0.1) is 0 Å². The van der Waals surface area contributed by atoms with E-state index in [0.717, 1.165) is 5.56 Å². The summed E-state index contributed by atoms with van der Waals surface area (Å²) in [5, 5.41) is 14.9. The van der Waals surface area contributed by atoms with Crippen molar-refractivity contribution in [3.8, 4) is 5.75 Å². The van der Waals surface area contributed by atoms with Crippen LogP contribution in [0.25, 0.3) is 0 Å². The van der Waals surface area contributed by atoms with Crippen LogP contribution >= 0.6 is 0 Å². The quantitative estimate of drug-likeness (QED) is 0.696. The minimum Gasteiger partial charge on any atom is -0.508 e. The van der Waals surface area contributed by atoms with Crippen LogP contribution in [0.15, 0.2) is 24.3 Å². The predicted octanol–water partition coefficient (Wildman–Crippen LogP) is 1.01. The molecule has 0 fully saturated rings. The molecule has 4 heteroatoms. The highest BCUT2D eigenvalue weighted by atomic mass is 16.3. The average molecular weight is 222 g/mol. The van der Waals surface area contributed by atoms with Gasteiger partial charge in [-0.05, 0) is 31.5 Å². The predicted molar refractivity (Wildman–Crippen MR) is 63.1 cm³/mol. The standard InChI is InChI=1S/C12H18N2O2/c1-9(2)14-12(16)8-13-7-10-3-5-11(15)6-4-10/h3-6,9,13,15H,7-8H2,1-2H3,(H,14,16). The first kappa shape index (κ1) is 12.5. The molecule has 1 amide bonds. The summed E-state index contributed by atoms with van der Waals surface area (Å²) in [4.78, 5) is 11.3. The van der Waals surface area contributed by atoms with Gasteiger partial charge in [-0.1, -0.05) is 12.1 Å². The molecular formula is C12H18N2O2. The van der Waals surface area contributed by atoms with E-state index in [1.165, 1.54) is 0 Å². The number of carbonyl (C=O) groups excluding carboxylic acids is 1. The number of carbonyl (C=O) groups is 1. The fourth-order valence-corrected chi connectivity index (χ4v) is 1.31. The number of amides is 1. The fraction of sp³-hybridized carbons (Fsp3) is 0.417. The molecule has 0 aliphatic heterocycles. The SMILES string of the molecule is CC(C)NC(=O)CNCc1ccc(O)cc1. The van der Waals surface area contributed by atoms with Crippen LogP contribution in [0.2, 0.25) is 0 Å². The molecule has 0 radical (unpaired) electrons. The molecule has 0 saturated heterocycles. The Bertz CT molecular complexity index is 333. The number of phenols is 1. The molecule has 1 rings (SSSR count). The van der Waals surface area contributed by atoms with Gasteiger partial charge in [-0.2, -0.15) is 0 Å². The lowest BCUT2D eigenvalue weighted by molar-refractivity contribution is -0.120. The van der Waals surface area contributed by atoms with Gasteiger partial charge in [-0.25, -0.2) is 0 Å². The van der Waals surface area contributed by atoms with Gasteiger partial charge in [0.2, 0.25) is 5.91 Å². The van der Waals surface area contributed by atoms with Crippen molar-refractivity contribution in [1.29, 1.82) is 0 Å². The lowest BCUT2D eigenvalue weighted by atomic mass is 10.2. The van der Waals surface area contributed by atoms with E-state index < -0.39 is 0 Å². The summed E-state index contributed by atoms with van der Waals surface area (Å²) in [7, 11) is 0. The van der Waals surface area contributed by atoms with Crippen molar-refractivity contribution in [3.05, 3.63) is 29.8 Å². The Morgan fingerprint density at radius 3 is 2.50 bits per heavy atom. The second kappa shape index (κ2) is 6.12. The van der Waals surface area contributed by atoms with Crippen LogP contribution in [0, 0.1) is 0 Å². The topological polar surface area (TPSA) is 61.4 Å². The molecule has 0 saturated carbocycles. The molecule has 0 unspecified atom stereocenters. The molecule has 0 heterocycles. The van der Waals surface area contributed by atoms with Crippen LogP contribution in [-0.2, 0) is 11.3 Å². The highest BCUT2D eigenvalue weighted by Crippen LogP contribution is 2.08. The first-order chi connectivity index (χ1) is 7.58. The van der Waals surface area contributed by atoms with Crippen LogP contribution in [0.1, 0.15) is 19.4 Å². The van der Waals surface area contributed by atoms with Crippen molar-refractivity contribution in [2.24, 2.45) is 0 Å². The second-order valence-electron chi connectivity index (χ2n) is 3.99. The summed E-state index contributed by atoms with van der Waals surface area (Å²) in [6, 6.07) is 7.07. The Kier molecular flexibility index (Phi) is 4.79. The molecule has 0 bridgehead atoms. The van der Waals surface area contributed by atoms with Crippen LogP contribution < -0.4 is 10.6 Å². The van der Waals surface area contributed by atoms with Gasteiger partial charge in [0.15, 0.2) is 0 Å². The van der Waals surface area contributed by atoms with Gasteiger partial charge in [0.25, 0.3) is 0 Å². The Balaban J connectivity index is 2.25. The molecule has 16 heavy (non-hydrogen) atoms. The molecular weight excluding hydrogens is 204 g/mol. The molecule has 88 valence electrons. The van der Waals surface area contributed by atoms with Gasteiger partial charge >= 0.3 is 0 Å². The van der Waals surface area contributed by atoms with E-state index in [9.17, 15) is 4.79 Å². The first-order valence-electron chi connectivity index (χ1n) is 5.36. The third kappa shape index (κ3) is 4.79. The zero-order valence-electron chi connectivity index (χ0n) is 9.66. The van der Waals surface area contributed by atoms with E-state index in [1.54, 1.807) is 12.1 Å².